The average Bonchev–Trinajstić information content (AvgIpc) is 1.84. The zero-order valence-corrected chi connectivity index (χ0v) is 8.22. The molecule has 0 aliphatic heterocycles. The van der Waals surface area contributed by atoms with Gasteiger partial charge in [-0.15, -0.1) is 0 Å². The Kier molecular flexibility index (Phi) is 4.36. The van der Waals surface area contributed by atoms with Crippen molar-refractivity contribution >= 4 is 17.7 Å². The topological polar surface area (TPSA) is 101 Å². The largest absolute Gasteiger partial charge is 0.327 e. The van der Waals surface area contributed by atoms with Crippen LogP contribution in [0.15, 0.2) is 0 Å². The minimum atomic E-state index is -4.15. The molecule has 0 spiro atoms. The molecule has 0 heterocycles. The van der Waals surface area contributed by atoms with E-state index in [0.717, 1.165) is 0 Å². The fourth-order valence-corrected chi connectivity index (χ4v) is 1.32. The summed E-state index contributed by atoms with van der Waals surface area (Å²) in [7, 11) is -7.74. The minimum Gasteiger partial charge on any atom is -0.324 e. The Morgan fingerprint density at radius 1 is 1.42 bits per heavy atom. The van der Waals surface area contributed by atoms with Gasteiger partial charge in [0.15, 0.2) is 0 Å². The quantitative estimate of drug-likeness (QED) is 0.478. The van der Waals surface area contributed by atoms with Crippen molar-refractivity contribution in [3.8, 4) is 0 Å². The summed E-state index contributed by atoms with van der Waals surface area (Å²) >= 11 is 0. The number of rotatable bonds is 5. The summed E-state index contributed by atoms with van der Waals surface area (Å²) in [4.78, 5) is 16.6. The van der Waals surface area contributed by atoms with Gasteiger partial charge in [0.1, 0.15) is 0 Å². The molecule has 0 fully saturated rings. The van der Waals surface area contributed by atoms with E-state index in [1.165, 1.54) is 6.92 Å². The summed E-state index contributed by atoms with van der Waals surface area (Å²) in [6.45, 7) is 0.910. The predicted octanol–water partition coefficient (Wildman–Crippen LogP) is -0.470. The molecule has 0 bridgehead atoms. The van der Waals surface area contributed by atoms with Crippen LogP contribution < -0.4 is 0 Å². The Morgan fingerprint density at radius 2 is 1.92 bits per heavy atom. The maximum atomic E-state index is 10.6. The molecule has 0 atom stereocenters. The lowest BCUT2D eigenvalue weighted by atomic mass is 10.9. The van der Waals surface area contributed by atoms with Crippen molar-refractivity contribution in [2.24, 2.45) is 0 Å². The van der Waals surface area contributed by atoms with Crippen molar-refractivity contribution < 1.29 is 27.0 Å². The molecule has 0 aliphatic rings. The summed E-state index contributed by atoms with van der Waals surface area (Å²) in [5, 5.41) is 0. The normalized spacial score (nSPS) is 13.2. The molecule has 12 heavy (non-hydrogen) atoms. The van der Waals surface area contributed by atoms with Gasteiger partial charge in [0.05, 0.1) is 18.5 Å². The third-order valence-electron chi connectivity index (χ3n) is 0.999. The summed E-state index contributed by atoms with van der Waals surface area (Å²) in [6, 6.07) is 0. The van der Waals surface area contributed by atoms with E-state index in [-0.39, 0.29) is 5.75 Å². The van der Waals surface area contributed by atoms with Crippen molar-refractivity contribution in [1.82, 2.24) is 0 Å². The molecular formula is C4H11O6PS. The highest BCUT2D eigenvalue weighted by molar-refractivity contribution is 7.86. The highest BCUT2D eigenvalue weighted by Crippen LogP contribution is 2.33. The van der Waals surface area contributed by atoms with Crippen LogP contribution in [-0.4, -0.2) is 36.7 Å². The molecule has 0 saturated carbocycles. The molecule has 0 aromatic carbocycles. The second-order valence-electron chi connectivity index (χ2n) is 2.06. The Morgan fingerprint density at radius 3 is 2.25 bits per heavy atom. The average molecular weight is 218 g/mol. The van der Waals surface area contributed by atoms with Gasteiger partial charge in [-0.3, -0.25) is 8.75 Å². The first-order chi connectivity index (χ1) is 5.27. The van der Waals surface area contributed by atoms with E-state index in [2.05, 4.69) is 4.18 Å². The third-order valence-corrected chi connectivity index (χ3v) is 3.00. The van der Waals surface area contributed by atoms with Crippen molar-refractivity contribution in [2.75, 3.05) is 18.5 Å². The predicted molar refractivity (Wildman–Crippen MR) is 42.3 cm³/mol. The first kappa shape index (κ1) is 12.1. The summed E-state index contributed by atoms with van der Waals surface area (Å²) in [6.07, 6.45) is -0.577. The summed E-state index contributed by atoms with van der Waals surface area (Å²) in [5.41, 5.74) is 0. The Bertz CT molecular complexity index is 263. The van der Waals surface area contributed by atoms with E-state index in [1.807, 2.05) is 0 Å². The van der Waals surface area contributed by atoms with E-state index in [4.69, 9.17) is 9.79 Å². The number of hydrogen-bond acceptors (Lipinski definition) is 4. The molecule has 74 valence electrons. The van der Waals surface area contributed by atoms with Crippen LogP contribution in [0.5, 0.6) is 0 Å². The van der Waals surface area contributed by atoms with E-state index in [9.17, 15) is 13.0 Å². The van der Waals surface area contributed by atoms with E-state index >= 15 is 0 Å². The summed E-state index contributed by atoms with van der Waals surface area (Å²) < 4.78 is 35.7. The van der Waals surface area contributed by atoms with Crippen LogP contribution in [0.2, 0.25) is 0 Å². The highest BCUT2D eigenvalue weighted by atomic mass is 32.2. The second kappa shape index (κ2) is 4.34. The molecular weight excluding hydrogens is 207 g/mol. The Hall–Kier alpha value is 0.0600. The first-order valence-corrected chi connectivity index (χ1v) is 6.56. The van der Waals surface area contributed by atoms with Gasteiger partial charge >= 0.3 is 7.60 Å². The van der Waals surface area contributed by atoms with Crippen LogP contribution in [-0.2, 0) is 18.9 Å². The van der Waals surface area contributed by atoms with Gasteiger partial charge in [0.25, 0.3) is 10.1 Å². The molecule has 0 rings (SSSR count). The fraction of sp³-hybridized carbons (Fsp3) is 1.00. The highest BCUT2D eigenvalue weighted by Gasteiger charge is 2.15. The standard InChI is InChI=1S/C4H11O6PS/c1-2-12(8,9)10-3-4-11(5,6)7/h2-4H2,1H3,(H2,5,6,7). The molecule has 6 nitrogen and oxygen atoms in total. The maximum Gasteiger partial charge on any atom is 0.327 e. The lowest BCUT2D eigenvalue weighted by molar-refractivity contribution is 0.318. The van der Waals surface area contributed by atoms with Crippen LogP contribution in [0.25, 0.3) is 0 Å². The second-order valence-corrected chi connectivity index (χ2v) is 5.76. The zero-order valence-electron chi connectivity index (χ0n) is 6.50. The molecule has 0 saturated heterocycles. The van der Waals surface area contributed by atoms with Gasteiger partial charge in [-0.25, -0.2) is 0 Å². The monoisotopic (exact) mass is 218 g/mol. The van der Waals surface area contributed by atoms with Gasteiger partial charge in [-0.1, -0.05) is 0 Å². The van der Waals surface area contributed by atoms with E-state index in [0.29, 0.717) is 0 Å². The van der Waals surface area contributed by atoms with Crippen molar-refractivity contribution in [2.45, 2.75) is 6.92 Å². The fourth-order valence-electron chi connectivity index (χ4n) is 0.366. The van der Waals surface area contributed by atoms with Crippen LogP contribution in [0.3, 0.4) is 0 Å². The number of hydrogen-bond donors (Lipinski definition) is 2. The van der Waals surface area contributed by atoms with Gasteiger partial charge in [0.2, 0.25) is 0 Å². The molecule has 0 radical (unpaired) electrons. The molecule has 0 aromatic heterocycles. The SMILES string of the molecule is CCS(=O)(=O)OCCP(=O)(O)O. The smallest absolute Gasteiger partial charge is 0.324 e. The van der Waals surface area contributed by atoms with Gasteiger partial charge in [-0.2, -0.15) is 8.42 Å². The molecule has 8 heteroatoms. The molecule has 0 aromatic rings. The zero-order chi connectivity index (χ0) is 9.83. The lowest BCUT2D eigenvalue weighted by Crippen LogP contribution is -2.11. The molecule has 0 unspecified atom stereocenters. The minimum absolute atomic E-state index is 0.200. The van der Waals surface area contributed by atoms with Gasteiger partial charge < -0.3 is 9.79 Å². The van der Waals surface area contributed by atoms with Crippen LogP contribution in [0.1, 0.15) is 6.92 Å². The van der Waals surface area contributed by atoms with Crippen molar-refractivity contribution in [3.63, 3.8) is 0 Å². The van der Waals surface area contributed by atoms with Gasteiger partial charge in [0, 0.05) is 0 Å². The van der Waals surface area contributed by atoms with Crippen molar-refractivity contribution in [1.29, 1.82) is 0 Å². The molecule has 0 amide bonds. The Balaban J connectivity index is 3.80. The maximum absolute atomic E-state index is 10.6. The van der Waals surface area contributed by atoms with Crippen molar-refractivity contribution in [3.05, 3.63) is 0 Å². The Labute approximate surface area is 70.8 Å². The van der Waals surface area contributed by atoms with E-state index in [1.54, 1.807) is 0 Å². The molecule has 2 N–H and O–H groups in total. The first-order valence-electron chi connectivity index (χ1n) is 3.18. The summed E-state index contributed by atoms with van der Waals surface area (Å²) in [5.74, 6) is -0.200. The van der Waals surface area contributed by atoms with E-state index < -0.39 is 30.5 Å². The van der Waals surface area contributed by atoms with Crippen LogP contribution in [0, 0.1) is 0 Å². The van der Waals surface area contributed by atoms with Crippen LogP contribution in [0.4, 0.5) is 0 Å². The van der Waals surface area contributed by atoms with Crippen LogP contribution >= 0.6 is 7.60 Å². The third kappa shape index (κ3) is 6.75. The van der Waals surface area contributed by atoms with Gasteiger partial charge in [-0.05, 0) is 6.92 Å². The molecule has 0 aliphatic carbocycles. The lowest BCUT2D eigenvalue weighted by Gasteiger charge is -2.03.